The van der Waals surface area contributed by atoms with Crippen molar-refractivity contribution in [2.75, 3.05) is 5.73 Å². The molecular formula is C15H20N4. The van der Waals surface area contributed by atoms with E-state index in [2.05, 4.69) is 11.1 Å². The second kappa shape index (κ2) is 3.75. The van der Waals surface area contributed by atoms with Crippen LogP contribution in [0, 0.1) is 35.0 Å². The third-order valence-electron chi connectivity index (χ3n) is 5.80. The van der Waals surface area contributed by atoms with E-state index in [1.807, 2.05) is 11.6 Å². The summed E-state index contributed by atoms with van der Waals surface area (Å²) in [6, 6.07) is 2.12. The van der Waals surface area contributed by atoms with Gasteiger partial charge in [0.1, 0.15) is 17.7 Å². The van der Waals surface area contributed by atoms with E-state index in [0.29, 0.717) is 17.4 Å². The average molecular weight is 256 g/mol. The molecule has 0 saturated heterocycles. The fraction of sp³-hybridized carbons (Fsp3) is 0.733. The van der Waals surface area contributed by atoms with Crippen molar-refractivity contribution in [3.63, 3.8) is 0 Å². The molecule has 100 valence electrons. The van der Waals surface area contributed by atoms with Crippen LogP contribution in [-0.2, 0) is 7.05 Å². The van der Waals surface area contributed by atoms with E-state index in [1.54, 1.807) is 0 Å². The van der Waals surface area contributed by atoms with E-state index < -0.39 is 0 Å². The normalized spacial score (nSPS) is 39.5. The SMILES string of the molecule is Cn1c(C2C3CC4CC(C3)CC2C4)nc(C#N)c1N. The molecule has 4 aliphatic rings. The van der Waals surface area contributed by atoms with Crippen molar-refractivity contribution in [2.45, 2.75) is 38.0 Å². The molecule has 0 atom stereocenters. The maximum atomic E-state index is 9.10. The number of imidazole rings is 1. The molecule has 0 aromatic carbocycles. The molecule has 0 radical (unpaired) electrons. The minimum atomic E-state index is 0.409. The van der Waals surface area contributed by atoms with Gasteiger partial charge < -0.3 is 10.3 Å². The monoisotopic (exact) mass is 256 g/mol. The number of hydrogen-bond acceptors (Lipinski definition) is 3. The summed E-state index contributed by atoms with van der Waals surface area (Å²) in [5.41, 5.74) is 6.39. The molecule has 4 nitrogen and oxygen atoms in total. The van der Waals surface area contributed by atoms with Gasteiger partial charge >= 0.3 is 0 Å². The fourth-order valence-electron chi connectivity index (χ4n) is 5.26. The van der Waals surface area contributed by atoms with Crippen molar-refractivity contribution in [1.29, 1.82) is 5.26 Å². The fourth-order valence-corrected chi connectivity index (χ4v) is 5.26. The molecule has 0 aliphatic heterocycles. The Morgan fingerprint density at radius 2 is 1.74 bits per heavy atom. The standard InChI is InChI=1S/C15H20N4/c1-19-14(17)12(7-16)18-15(19)13-10-3-8-2-9(5-10)6-11(13)4-8/h8-11,13H,2-6,17H2,1H3. The van der Waals surface area contributed by atoms with Crippen LogP contribution < -0.4 is 5.73 Å². The first-order chi connectivity index (χ1) is 9.17. The lowest BCUT2D eigenvalue weighted by molar-refractivity contribution is -0.00643. The van der Waals surface area contributed by atoms with Gasteiger partial charge in [-0.25, -0.2) is 4.98 Å². The first-order valence-corrected chi connectivity index (χ1v) is 7.39. The summed E-state index contributed by atoms with van der Waals surface area (Å²) in [4.78, 5) is 4.55. The lowest BCUT2D eigenvalue weighted by atomic mass is 9.51. The Morgan fingerprint density at radius 3 is 2.21 bits per heavy atom. The zero-order valence-corrected chi connectivity index (χ0v) is 11.3. The summed E-state index contributed by atoms with van der Waals surface area (Å²) in [6.45, 7) is 0. The van der Waals surface area contributed by atoms with Crippen LogP contribution in [0.15, 0.2) is 0 Å². The Balaban J connectivity index is 1.75. The number of hydrogen-bond donors (Lipinski definition) is 1. The minimum absolute atomic E-state index is 0.409. The highest BCUT2D eigenvalue weighted by molar-refractivity contribution is 5.46. The van der Waals surface area contributed by atoms with Crippen LogP contribution in [-0.4, -0.2) is 9.55 Å². The number of nitrogens with zero attached hydrogens (tertiary/aromatic N) is 3. The Hall–Kier alpha value is -1.50. The van der Waals surface area contributed by atoms with Crippen molar-refractivity contribution in [2.24, 2.45) is 30.7 Å². The van der Waals surface area contributed by atoms with Crippen LogP contribution >= 0.6 is 0 Å². The first kappa shape index (κ1) is 11.3. The van der Waals surface area contributed by atoms with E-state index >= 15 is 0 Å². The quantitative estimate of drug-likeness (QED) is 0.839. The van der Waals surface area contributed by atoms with Crippen LogP contribution in [0.3, 0.4) is 0 Å². The van der Waals surface area contributed by atoms with Crippen molar-refractivity contribution in [3.05, 3.63) is 11.5 Å². The predicted octanol–water partition coefficient (Wildman–Crippen LogP) is 2.41. The molecule has 4 heteroatoms. The molecule has 1 aromatic rings. The number of nitrogens with two attached hydrogens (primary N) is 1. The van der Waals surface area contributed by atoms with Crippen LogP contribution in [0.2, 0.25) is 0 Å². The number of rotatable bonds is 1. The Morgan fingerprint density at radius 1 is 1.16 bits per heavy atom. The third kappa shape index (κ3) is 1.47. The maximum Gasteiger partial charge on any atom is 0.182 e. The van der Waals surface area contributed by atoms with E-state index in [-0.39, 0.29) is 0 Å². The largest absolute Gasteiger partial charge is 0.383 e. The van der Waals surface area contributed by atoms with E-state index in [0.717, 1.165) is 29.5 Å². The molecule has 4 aliphatic carbocycles. The van der Waals surface area contributed by atoms with Gasteiger partial charge in [-0.15, -0.1) is 0 Å². The molecule has 1 heterocycles. The molecule has 5 rings (SSSR count). The van der Waals surface area contributed by atoms with Crippen LogP contribution in [0.5, 0.6) is 0 Å². The van der Waals surface area contributed by atoms with Crippen molar-refractivity contribution >= 4 is 5.82 Å². The van der Waals surface area contributed by atoms with Gasteiger partial charge in [-0.1, -0.05) is 0 Å². The van der Waals surface area contributed by atoms with Gasteiger partial charge in [0.05, 0.1) is 0 Å². The Labute approximate surface area is 113 Å². The Kier molecular flexibility index (Phi) is 2.24. The molecule has 0 unspecified atom stereocenters. The van der Waals surface area contributed by atoms with E-state index in [9.17, 15) is 0 Å². The maximum absolute atomic E-state index is 9.10. The number of anilines is 1. The highest BCUT2D eigenvalue weighted by Crippen LogP contribution is 2.59. The summed E-state index contributed by atoms with van der Waals surface area (Å²) >= 11 is 0. The molecule has 19 heavy (non-hydrogen) atoms. The molecule has 4 bridgehead atoms. The number of nitriles is 1. The van der Waals surface area contributed by atoms with Crippen LogP contribution in [0.25, 0.3) is 0 Å². The molecule has 4 fully saturated rings. The summed E-state index contributed by atoms with van der Waals surface area (Å²) in [6.07, 6.45) is 6.93. The summed E-state index contributed by atoms with van der Waals surface area (Å²) < 4.78 is 1.96. The van der Waals surface area contributed by atoms with Crippen LogP contribution in [0.1, 0.15) is 49.5 Å². The second-order valence-corrected chi connectivity index (χ2v) is 6.83. The van der Waals surface area contributed by atoms with E-state index in [4.69, 9.17) is 11.0 Å². The topological polar surface area (TPSA) is 67.6 Å². The molecular weight excluding hydrogens is 236 g/mol. The lowest BCUT2D eigenvalue weighted by Gasteiger charge is -2.54. The number of aromatic nitrogens is 2. The summed E-state index contributed by atoms with van der Waals surface area (Å²) in [5.74, 6) is 5.64. The molecule has 0 amide bonds. The zero-order chi connectivity index (χ0) is 13.1. The van der Waals surface area contributed by atoms with Crippen molar-refractivity contribution < 1.29 is 0 Å². The first-order valence-electron chi connectivity index (χ1n) is 7.39. The van der Waals surface area contributed by atoms with Crippen molar-refractivity contribution in [3.8, 4) is 6.07 Å². The second-order valence-electron chi connectivity index (χ2n) is 6.83. The summed E-state index contributed by atoms with van der Waals surface area (Å²) in [7, 11) is 1.96. The smallest absolute Gasteiger partial charge is 0.182 e. The van der Waals surface area contributed by atoms with Gasteiger partial charge in [0.25, 0.3) is 0 Å². The zero-order valence-electron chi connectivity index (χ0n) is 11.3. The van der Waals surface area contributed by atoms with Gasteiger partial charge in [0, 0.05) is 13.0 Å². The van der Waals surface area contributed by atoms with Gasteiger partial charge in [-0.2, -0.15) is 5.26 Å². The Bertz CT molecular complexity index is 537. The van der Waals surface area contributed by atoms with Gasteiger partial charge in [-0.3, -0.25) is 0 Å². The van der Waals surface area contributed by atoms with Crippen molar-refractivity contribution in [1.82, 2.24) is 9.55 Å². The highest BCUT2D eigenvalue weighted by Gasteiger charge is 2.50. The minimum Gasteiger partial charge on any atom is -0.383 e. The average Bonchev–Trinajstić information content (AvgIpc) is 2.66. The molecule has 4 saturated carbocycles. The van der Waals surface area contributed by atoms with Gasteiger partial charge in [-0.05, 0) is 55.8 Å². The predicted molar refractivity (Wildman–Crippen MR) is 72.1 cm³/mol. The third-order valence-corrected chi connectivity index (χ3v) is 5.80. The lowest BCUT2D eigenvalue weighted by Crippen LogP contribution is -2.44. The highest BCUT2D eigenvalue weighted by atomic mass is 15.1. The van der Waals surface area contributed by atoms with Gasteiger partial charge in [0.2, 0.25) is 0 Å². The van der Waals surface area contributed by atoms with Gasteiger partial charge in [0.15, 0.2) is 5.69 Å². The molecule has 2 N–H and O–H groups in total. The molecule has 1 aromatic heterocycles. The summed E-state index contributed by atoms with van der Waals surface area (Å²) in [5, 5.41) is 9.10. The molecule has 0 spiro atoms. The van der Waals surface area contributed by atoms with Crippen LogP contribution in [0.4, 0.5) is 5.82 Å². The number of nitrogen functional groups attached to an aromatic ring is 1. The van der Waals surface area contributed by atoms with E-state index in [1.165, 1.54) is 32.1 Å².